The number of ether oxygens (including phenoxy) is 2. The van der Waals surface area contributed by atoms with Gasteiger partial charge in [-0.25, -0.2) is 0 Å². The van der Waals surface area contributed by atoms with Crippen LogP contribution in [0.5, 0.6) is 0 Å². The molecular weight excluding hydrogens is 176 g/mol. The summed E-state index contributed by atoms with van der Waals surface area (Å²) in [7, 11) is 2.51. The van der Waals surface area contributed by atoms with Gasteiger partial charge in [-0.2, -0.15) is 0 Å². The van der Waals surface area contributed by atoms with E-state index in [4.69, 9.17) is 5.11 Å². The molecule has 1 saturated carbocycles. The lowest BCUT2D eigenvalue weighted by atomic mass is 10.3. The lowest BCUT2D eigenvalue weighted by Gasteiger charge is -1.96. The van der Waals surface area contributed by atoms with Crippen LogP contribution in [-0.2, 0) is 19.1 Å². The Morgan fingerprint density at radius 1 is 1.15 bits per heavy atom. The van der Waals surface area contributed by atoms with Crippen molar-refractivity contribution in [2.24, 2.45) is 17.8 Å². The van der Waals surface area contributed by atoms with Crippen LogP contribution in [-0.4, -0.2) is 37.9 Å². The maximum Gasteiger partial charge on any atom is 0.309 e. The molecule has 5 nitrogen and oxygen atoms in total. The lowest BCUT2D eigenvalue weighted by molar-refractivity contribution is -0.148. The van der Waals surface area contributed by atoms with Crippen LogP contribution in [0.2, 0.25) is 0 Å². The van der Waals surface area contributed by atoms with Crippen molar-refractivity contribution < 1.29 is 24.2 Å². The van der Waals surface area contributed by atoms with E-state index in [-0.39, 0.29) is 12.5 Å². The molecule has 0 aromatic heterocycles. The zero-order valence-electron chi connectivity index (χ0n) is 7.52. The van der Waals surface area contributed by atoms with Gasteiger partial charge in [0.1, 0.15) is 0 Å². The number of methoxy groups -OCH3 is 2. The Morgan fingerprint density at radius 2 is 1.54 bits per heavy atom. The topological polar surface area (TPSA) is 72.8 Å². The fourth-order valence-electron chi connectivity index (χ4n) is 1.52. The van der Waals surface area contributed by atoms with Gasteiger partial charge in [0.05, 0.1) is 26.1 Å². The van der Waals surface area contributed by atoms with Crippen molar-refractivity contribution in [3.05, 3.63) is 0 Å². The highest BCUT2D eigenvalue weighted by atomic mass is 16.5. The second-order valence-corrected chi connectivity index (χ2v) is 2.94. The van der Waals surface area contributed by atoms with E-state index < -0.39 is 23.8 Å². The number of aliphatic hydroxyl groups is 1. The molecule has 5 heteroatoms. The molecule has 0 saturated heterocycles. The van der Waals surface area contributed by atoms with E-state index in [9.17, 15) is 9.59 Å². The van der Waals surface area contributed by atoms with Crippen LogP contribution in [0.3, 0.4) is 0 Å². The Hall–Kier alpha value is -1.10. The fourth-order valence-corrected chi connectivity index (χ4v) is 1.52. The zero-order valence-corrected chi connectivity index (χ0v) is 7.52. The summed E-state index contributed by atoms with van der Waals surface area (Å²) in [6.45, 7) is -0.195. The Bertz CT molecular complexity index is 203. The number of carbonyl (C=O) groups is 2. The molecule has 1 N–H and O–H groups in total. The molecule has 2 atom stereocenters. The summed E-state index contributed by atoms with van der Waals surface area (Å²) in [5.41, 5.74) is 0. The van der Waals surface area contributed by atoms with Gasteiger partial charge in [-0.15, -0.1) is 0 Å². The molecule has 0 aliphatic heterocycles. The van der Waals surface area contributed by atoms with Crippen LogP contribution < -0.4 is 0 Å². The highest BCUT2D eigenvalue weighted by molar-refractivity contribution is 5.88. The first-order valence-electron chi connectivity index (χ1n) is 3.93. The van der Waals surface area contributed by atoms with Gasteiger partial charge in [0, 0.05) is 12.5 Å². The minimum absolute atomic E-state index is 0.195. The second-order valence-electron chi connectivity index (χ2n) is 2.94. The average molecular weight is 188 g/mol. The molecule has 0 amide bonds. The number of rotatable bonds is 3. The van der Waals surface area contributed by atoms with Crippen molar-refractivity contribution in [2.45, 2.75) is 0 Å². The van der Waals surface area contributed by atoms with Crippen molar-refractivity contribution >= 4 is 11.9 Å². The summed E-state index contributed by atoms with van der Waals surface area (Å²) in [5, 5.41) is 8.82. The summed E-state index contributed by atoms with van der Waals surface area (Å²) < 4.78 is 8.95. The number of hydrogen-bond acceptors (Lipinski definition) is 5. The smallest absolute Gasteiger partial charge is 0.309 e. The van der Waals surface area contributed by atoms with E-state index in [0.717, 1.165) is 0 Å². The van der Waals surface area contributed by atoms with Gasteiger partial charge in [-0.1, -0.05) is 0 Å². The highest BCUT2D eigenvalue weighted by Gasteiger charge is 2.60. The van der Waals surface area contributed by atoms with Gasteiger partial charge in [0.15, 0.2) is 0 Å². The van der Waals surface area contributed by atoms with Gasteiger partial charge in [0.25, 0.3) is 0 Å². The quantitative estimate of drug-likeness (QED) is 0.586. The summed E-state index contributed by atoms with van der Waals surface area (Å²) in [6, 6.07) is 0. The third-order valence-electron chi connectivity index (χ3n) is 2.33. The predicted molar refractivity (Wildman–Crippen MR) is 41.6 cm³/mol. The standard InChI is InChI=1S/C8H12O5/c1-12-7(10)5-4(3-9)6(5)8(11)13-2/h4-6,9H,3H2,1-2H3. The minimum atomic E-state index is -0.526. The molecule has 0 aromatic rings. The fraction of sp³-hybridized carbons (Fsp3) is 0.750. The van der Waals surface area contributed by atoms with Crippen LogP contribution in [0.1, 0.15) is 0 Å². The van der Waals surface area contributed by atoms with Gasteiger partial charge >= 0.3 is 11.9 Å². The van der Waals surface area contributed by atoms with Gasteiger partial charge in [-0.05, 0) is 0 Å². The Labute approximate surface area is 75.6 Å². The predicted octanol–water partition coefficient (Wildman–Crippen LogP) is -0.813. The van der Waals surface area contributed by atoms with E-state index in [1.807, 2.05) is 0 Å². The van der Waals surface area contributed by atoms with E-state index in [1.165, 1.54) is 14.2 Å². The molecule has 1 fully saturated rings. The number of aliphatic hydroxyl groups excluding tert-OH is 1. The van der Waals surface area contributed by atoms with Crippen LogP contribution in [0.15, 0.2) is 0 Å². The largest absolute Gasteiger partial charge is 0.469 e. The molecule has 13 heavy (non-hydrogen) atoms. The minimum Gasteiger partial charge on any atom is -0.469 e. The van der Waals surface area contributed by atoms with E-state index in [2.05, 4.69) is 9.47 Å². The molecular formula is C8H12O5. The number of esters is 2. The van der Waals surface area contributed by atoms with E-state index in [0.29, 0.717) is 0 Å². The molecule has 0 spiro atoms. The first-order valence-corrected chi connectivity index (χ1v) is 3.93. The summed E-state index contributed by atoms with van der Waals surface area (Å²) in [5.74, 6) is -2.31. The monoisotopic (exact) mass is 188 g/mol. The Balaban J connectivity index is 2.59. The van der Waals surface area contributed by atoms with Crippen molar-refractivity contribution in [3.63, 3.8) is 0 Å². The normalized spacial score (nSPS) is 30.8. The molecule has 2 unspecified atom stereocenters. The van der Waals surface area contributed by atoms with Crippen molar-refractivity contribution in [3.8, 4) is 0 Å². The van der Waals surface area contributed by atoms with Gasteiger partial charge < -0.3 is 14.6 Å². The first-order chi connectivity index (χ1) is 6.17. The first kappa shape index (κ1) is 9.98. The third kappa shape index (κ3) is 1.65. The van der Waals surface area contributed by atoms with E-state index in [1.54, 1.807) is 0 Å². The van der Waals surface area contributed by atoms with Crippen LogP contribution in [0, 0.1) is 17.8 Å². The van der Waals surface area contributed by atoms with Crippen LogP contribution in [0.25, 0.3) is 0 Å². The third-order valence-corrected chi connectivity index (χ3v) is 2.33. The van der Waals surface area contributed by atoms with Crippen molar-refractivity contribution in [1.82, 2.24) is 0 Å². The molecule has 74 valence electrons. The maximum atomic E-state index is 11.0. The van der Waals surface area contributed by atoms with Crippen LogP contribution in [0.4, 0.5) is 0 Å². The SMILES string of the molecule is COC(=O)C1C(CO)C1C(=O)OC. The molecule has 0 radical (unpaired) electrons. The summed E-state index contributed by atoms with van der Waals surface area (Å²) in [4.78, 5) is 22.1. The van der Waals surface area contributed by atoms with Gasteiger partial charge in [0.2, 0.25) is 0 Å². The molecule has 1 aliphatic rings. The maximum absolute atomic E-state index is 11.0. The van der Waals surface area contributed by atoms with E-state index >= 15 is 0 Å². The molecule has 0 aromatic carbocycles. The molecule has 0 heterocycles. The average Bonchev–Trinajstić information content (AvgIpc) is 2.89. The lowest BCUT2D eigenvalue weighted by Crippen LogP contribution is -2.10. The zero-order chi connectivity index (χ0) is 10.0. The number of carbonyl (C=O) groups excluding carboxylic acids is 2. The second kappa shape index (κ2) is 3.74. The molecule has 1 aliphatic carbocycles. The highest BCUT2D eigenvalue weighted by Crippen LogP contribution is 2.47. The van der Waals surface area contributed by atoms with Crippen molar-refractivity contribution in [2.75, 3.05) is 20.8 Å². The van der Waals surface area contributed by atoms with Crippen molar-refractivity contribution in [1.29, 1.82) is 0 Å². The van der Waals surface area contributed by atoms with Crippen LogP contribution >= 0.6 is 0 Å². The summed E-state index contributed by atoms with van der Waals surface area (Å²) >= 11 is 0. The Morgan fingerprint density at radius 3 is 1.77 bits per heavy atom. The summed E-state index contributed by atoms with van der Waals surface area (Å²) in [6.07, 6.45) is 0. The Kier molecular flexibility index (Phi) is 2.87. The molecule has 0 bridgehead atoms. The van der Waals surface area contributed by atoms with Gasteiger partial charge in [-0.3, -0.25) is 9.59 Å². The molecule has 1 rings (SSSR count). The number of hydrogen-bond donors (Lipinski definition) is 1.